The number of pyridine rings is 1. The van der Waals surface area contributed by atoms with E-state index in [1.54, 1.807) is 30.5 Å². The number of hydrogen-bond donors (Lipinski definition) is 0. The van der Waals surface area contributed by atoms with Gasteiger partial charge >= 0.3 is 0 Å². The quantitative estimate of drug-likeness (QED) is 0.712. The number of nitrogens with zero attached hydrogens (tertiary/aromatic N) is 5. The SMILES string of the molecule is O=C(CCN1CCN(C(=O)c2cccc(Cl)c2)CC1)N1CCN(c2ccccn2)CC1. The lowest BCUT2D eigenvalue weighted by molar-refractivity contribution is -0.131. The summed E-state index contributed by atoms with van der Waals surface area (Å²) in [4.78, 5) is 38.0. The Kier molecular flexibility index (Phi) is 7.04. The minimum absolute atomic E-state index is 0.0176. The molecule has 0 unspecified atom stereocenters. The van der Waals surface area contributed by atoms with Crippen LogP contribution in [0.15, 0.2) is 48.7 Å². The van der Waals surface area contributed by atoms with Gasteiger partial charge in [0.15, 0.2) is 0 Å². The minimum Gasteiger partial charge on any atom is -0.353 e. The number of amides is 2. The Bertz CT molecular complexity index is 894. The van der Waals surface area contributed by atoms with E-state index in [0.29, 0.717) is 30.1 Å². The number of anilines is 1. The van der Waals surface area contributed by atoms with Crippen molar-refractivity contribution in [1.29, 1.82) is 0 Å². The molecule has 2 aliphatic rings. The van der Waals surface area contributed by atoms with E-state index in [2.05, 4.69) is 14.8 Å². The van der Waals surface area contributed by atoms with Gasteiger partial charge in [0.05, 0.1) is 0 Å². The van der Waals surface area contributed by atoms with Crippen LogP contribution in [0.25, 0.3) is 0 Å². The van der Waals surface area contributed by atoms with E-state index in [9.17, 15) is 9.59 Å². The summed E-state index contributed by atoms with van der Waals surface area (Å²) in [5.41, 5.74) is 0.626. The van der Waals surface area contributed by atoms with Crippen molar-refractivity contribution in [2.24, 2.45) is 0 Å². The number of piperazine rings is 2. The summed E-state index contributed by atoms with van der Waals surface area (Å²) in [5, 5.41) is 0.573. The van der Waals surface area contributed by atoms with Gasteiger partial charge < -0.3 is 14.7 Å². The monoisotopic (exact) mass is 441 g/mol. The van der Waals surface area contributed by atoms with Gasteiger partial charge in [-0.05, 0) is 30.3 Å². The average Bonchev–Trinajstić information content (AvgIpc) is 2.83. The van der Waals surface area contributed by atoms with Crippen LogP contribution in [-0.4, -0.2) is 90.4 Å². The van der Waals surface area contributed by atoms with E-state index in [-0.39, 0.29) is 11.8 Å². The second-order valence-corrected chi connectivity index (χ2v) is 8.39. The summed E-state index contributed by atoms with van der Waals surface area (Å²) in [7, 11) is 0. The molecular weight excluding hydrogens is 414 g/mol. The fourth-order valence-electron chi connectivity index (χ4n) is 4.12. The lowest BCUT2D eigenvalue weighted by Crippen LogP contribution is -2.51. The highest BCUT2D eigenvalue weighted by Gasteiger charge is 2.25. The van der Waals surface area contributed by atoms with E-state index in [4.69, 9.17) is 11.6 Å². The van der Waals surface area contributed by atoms with Gasteiger partial charge in [-0.3, -0.25) is 14.5 Å². The first-order valence-corrected chi connectivity index (χ1v) is 11.2. The zero-order valence-corrected chi connectivity index (χ0v) is 18.4. The standard InChI is InChI=1S/C23H28ClN5O2/c24-20-5-3-4-19(18-20)23(31)29-12-10-26(11-13-29)9-7-22(30)28-16-14-27(15-17-28)21-6-1-2-8-25-21/h1-6,8,18H,7,9-17H2. The second-order valence-electron chi connectivity index (χ2n) is 7.95. The van der Waals surface area contributed by atoms with Crippen molar-refractivity contribution in [1.82, 2.24) is 19.7 Å². The van der Waals surface area contributed by atoms with Crippen LogP contribution < -0.4 is 4.90 Å². The fourth-order valence-corrected chi connectivity index (χ4v) is 4.31. The molecule has 8 heteroatoms. The molecule has 0 radical (unpaired) electrons. The first-order valence-electron chi connectivity index (χ1n) is 10.8. The van der Waals surface area contributed by atoms with Crippen molar-refractivity contribution < 1.29 is 9.59 Å². The van der Waals surface area contributed by atoms with Crippen LogP contribution in [0.2, 0.25) is 5.02 Å². The molecule has 4 rings (SSSR count). The molecule has 1 aromatic heterocycles. The number of carbonyl (C=O) groups excluding carboxylic acids is 2. The number of rotatable bonds is 5. The predicted octanol–water partition coefficient (Wildman–Crippen LogP) is 2.23. The van der Waals surface area contributed by atoms with E-state index < -0.39 is 0 Å². The van der Waals surface area contributed by atoms with Gasteiger partial charge in [-0.2, -0.15) is 0 Å². The normalized spacial score (nSPS) is 17.6. The van der Waals surface area contributed by atoms with E-state index in [1.165, 1.54) is 0 Å². The molecule has 164 valence electrons. The Hall–Kier alpha value is -2.64. The van der Waals surface area contributed by atoms with Crippen molar-refractivity contribution in [3.05, 3.63) is 59.2 Å². The molecule has 31 heavy (non-hydrogen) atoms. The molecule has 7 nitrogen and oxygen atoms in total. The van der Waals surface area contributed by atoms with E-state index in [0.717, 1.165) is 51.6 Å². The zero-order chi connectivity index (χ0) is 21.6. The van der Waals surface area contributed by atoms with E-state index >= 15 is 0 Å². The van der Waals surface area contributed by atoms with Crippen LogP contribution in [-0.2, 0) is 4.79 Å². The lowest BCUT2D eigenvalue weighted by atomic mass is 10.1. The van der Waals surface area contributed by atoms with Gasteiger partial charge in [-0.25, -0.2) is 4.98 Å². The molecule has 0 aliphatic carbocycles. The van der Waals surface area contributed by atoms with Crippen LogP contribution in [0.1, 0.15) is 16.8 Å². The number of carbonyl (C=O) groups is 2. The number of benzene rings is 1. The lowest BCUT2D eigenvalue weighted by Gasteiger charge is -2.37. The summed E-state index contributed by atoms with van der Waals surface area (Å²) < 4.78 is 0. The number of hydrogen-bond acceptors (Lipinski definition) is 5. The van der Waals surface area contributed by atoms with Crippen molar-refractivity contribution in [3.63, 3.8) is 0 Å². The highest BCUT2D eigenvalue weighted by molar-refractivity contribution is 6.30. The van der Waals surface area contributed by atoms with Crippen molar-refractivity contribution in [2.75, 3.05) is 63.8 Å². The van der Waals surface area contributed by atoms with Crippen LogP contribution >= 0.6 is 11.6 Å². The number of halogens is 1. The van der Waals surface area contributed by atoms with Crippen LogP contribution in [0.4, 0.5) is 5.82 Å². The first-order chi connectivity index (χ1) is 15.1. The van der Waals surface area contributed by atoms with Crippen LogP contribution in [0, 0.1) is 0 Å². The third-order valence-corrected chi connectivity index (χ3v) is 6.21. The first kappa shape index (κ1) is 21.6. The Balaban J connectivity index is 1.18. The Morgan fingerprint density at radius 2 is 1.61 bits per heavy atom. The summed E-state index contributed by atoms with van der Waals surface area (Å²) >= 11 is 6.00. The van der Waals surface area contributed by atoms with Crippen molar-refractivity contribution in [2.45, 2.75) is 6.42 Å². The van der Waals surface area contributed by atoms with Gasteiger partial charge in [0.1, 0.15) is 5.82 Å². The zero-order valence-electron chi connectivity index (χ0n) is 17.6. The largest absolute Gasteiger partial charge is 0.353 e. The topological polar surface area (TPSA) is 60.0 Å². The fraction of sp³-hybridized carbons (Fsp3) is 0.435. The molecule has 0 bridgehead atoms. The molecule has 2 saturated heterocycles. The van der Waals surface area contributed by atoms with Crippen LogP contribution in [0.5, 0.6) is 0 Å². The molecule has 0 N–H and O–H groups in total. The van der Waals surface area contributed by atoms with Gasteiger partial charge in [-0.1, -0.05) is 23.7 Å². The summed E-state index contributed by atoms with van der Waals surface area (Å²) in [6, 6.07) is 13.0. The molecule has 0 spiro atoms. The Labute approximate surface area is 188 Å². The molecule has 0 atom stereocenters. The van der Waals surface area contributed by atoms with Crippen LogP contribution in [0.3, 0.4) is 0 Å². The number of aromatic nitrogens is 1. The molecule has 2 aromatic rings. The summed E-state index contributed by atoms with van der Waals surface area (Å²) in [5.74, 6) is 1.20. The third kappa shape index (κ3) is 5.54. The second kappa shape index (κ2) is 10.1. The van der Waals surface area contributed by atoms with Gasteiger partial charge in [0, 0.05) is 82.1 Å². The molecule has 2 aliphatic heterocycles. The maximum absolute atomic E-state index is 12.7. The molecule has 2 amide bonds. The minimum atomic E-state index is 0.0176. The van der Waals surface area contributed by atoms with Gasteiger partial charge in [0.2, 0.25) is 5.91 Å². The predicted molar refractivity (Wildman–Crippen MR) is 121 cm³/mol. The van der Waals surface area contributed by atoms with Gasteiger partial charge in [-0.15, -0.1) is 0 Å². The van der Waals surface area contributed by atoms with Gasteiger partial charge in [0.25, 0.3) is 5.91 Å². The maximum atomic E-state index is 12.7. The summed E-state index contributed by atoms with van der Waals surface area (Å²) in [6.45, 7) is 6.73. The third-order valence-electron chi connectivity index (χ3n) is 5.98. The molecule has 0 saturated carbocycles. The molecule has 1 aromatic carbocycles. The van der Waals surface area contributed by atoms with Crippen molar-refractivity contribution >= 4 is 29.2 Å². The Morgan fingerprint density at radius 3 is 2.29 bits per heavy atom. The Morgan fingerprint density at radius 1 is 0.871 bits per heavy atom. The molecular formula is C23H28ClN5O2. The highest BCUT2D eigenvalue weighted by atomic mass is 35.5. The molecule has 3 heterocycles. The average molecular weight is 442 g/mol. The molecule has 2 fully saturated rings. The highest BCUT2D eigenvalue weighted by Crippen LogP contribution is 2.15. The van der Waals surface area contributed by atoms with E-state index in [1.807, 2.05) is 28.0 Å². The maximum Gasteiger partial charge on any atom is 0.253 e. The summed E-state index contributed by atoms with van der Waals surface area (Å²) in [6.07, 6.45) is 2.32. The smallest absolute Gasteiger partial charge is 0.253 e. The van der Waals surface area contributed by atoms with Crippen molar-refractivity contribution in [3.8, 4) is 0 Å².